The summed E-state index contributed by atoms with van der Waals surface area (Å²) in [6.07, 6.45) is 0. The Morgan fingerprint density at radius 1 is 1.06 bits per heavy atom. The molecule has 10 heteroatoms. The van der Waals surface area contributed by atoms with Crippen LogP contribution in [0.1, 0.15) is 10.4 Å². The number of hydrogen-bond acceptors (Lipinski definition) is 6. The monoisotopic (exact) mass is 577 g/mol. The van der Waals surface area contributed by atoms with Crippen LogP contribution in [0.4, 0.5) is 5.69 Å². The van der Waals surface area contributed by atoms with E-state index in [9.17, 15) is 4.79 Å². The van der Waals surface area contributed by atoms with Gasteiger partial charge in [0, 0.05) is 14.8 Å². The highest BCUT2D eigenvalue weighted by atomic mass is 127. The van der Waals surface area contributed by atoms with Crippen molar-refractivity contribution in [3.63, 3.8) is 0 Å². The minimum Gasteiger partial charge on any atom is -0.454 e. The van der Waals surface area contributed by atoms with Gasteiger partial charge in [-0.25, -0.2) is 4.98 Å². The predicted octanol–water partition coefficient (Wildman–Crippen LogP) is 5.61. The third-order valence-corrected chi connectivity index (χ3v) is 5.87. The highest BCUT2D eigenvalue weighted by Gasteiger charge is 2.17. The molecule has 0 unspecified atom stereocenters. The molecular formula is C22H13ClIN3O4S. The van der Waals surface area contributed by atoms with Crippen molar-refractivity contribution in [2.24, 2.45) is 0 Å². The molecular weight excluding hydrogens is 565 g/mol. The van der Waals surface area contributed by atoms with Crippen LogP contribution in [0.15, 0.2) is 59.0 Å². The molecule has 1 aromatic heterocycles. The Morgan fingerprint density at radius 2 is 1.91 bits per heavy atom. The molecule has 2 heterocycles. The van der Waals surface area contributed by atoms with Crippen LogP contribution in [0.25, 0.3) is 22.6 Å². The number of oxazole rings is 1. The summed E-state index contributed by atoms with van der Waals surface area (Å²) in [5.41, 5.74) is 3.02. The second kappa shape index (κ2) is 8.57. The van der Waals surface area contributed by atoms with Gasteiger partial charge in [-0.2, -0.15) is 0 Å². The van der Waals surface area contributed by atoms with Gasteiger partial charge in [0.1, 0.15) is 5.52 Å². The lowest BCUT2D eigenvalue weighted by atomic mass is 10.2. The summed E-state index contributed by atoms with van der Waals surface area (Å²) in [4.78, 5) is 17.0. The van der Waals surface area contributed by atoms with E-state index in [1.807, 2.05) is 18.2 Å². The van der Waals surface area contributed by atoms with Crippen LogP contribution >= 0.6 is 46.4 Å². The van der Waals surface area contributed by atoms with Crippen molar-refractivity contribution in [2.45, 2.75) is 0 Å². The first-order valence-electron chi connectivity index (χ1n) is 9.34. The van der Waals surface area contributed by atoms with Gasteiger partial charge in [-0.05, 0) is 89.4 Å². The SMILES string of the molecule is O=C(NC(=S)Nc1ccc2oc(-c3cc(I)ccc3Cl)nc2c1)c1ccc2c(c1)OCO2. The van der Waals surface area contributed by atoms with Gasteiger partial charge in [0.25, 0.3) is 5.91 Å². The topological polar surface area (TPSA) is 85.6 Å². The largest absolute Gasteiger partial charge is 0.454 e. The highest BCUT2D eigenvalue weighted by molar-refractivity contribution is 14.1. The summed E-state index contributed by atoms with van der Waals surface area (Å²) < 4.78 is 17.4. The summed E-state index contributed by atoms with van der Waals surface area (Å²) in [5.74, 6) is 1.20. The molecule has 0 fully saturated rings. The molecule has 0 bridgehead atoms. The Hall–Kier alpha value is -2.89. The molecule has 1 amide bonds. The van der Waals surface area contributed by atoms with Crippen LogP contribution in [0.5, 0.6) is 11.5 Å². The molecule has 4 aromatic rings. The fourth-order valence-corrected chi connectivity index (χ4v) is 4.06. The van der Waals surface area contributed by atoms with Gasteiger partial charge in [-0.3, -0.25) is 10.1 Å². The van der Waals surface area contributed by atoms with E-state index >= 15 is 0 Å². The standard InChI is InChI=1S/C22H13ClIN3O4S/c23-15-4-2-12(24)8-14(15)21-26-16-9-13(3-6-17(16)31-21)25-22(32)27-20(28)11-1-5-18-19(7-11)30-10-29-18/h1-9H,10H2,(H2,25,27,28,32). The van der Waals surface area contributed by atoms with Crippen LogP contribution in [0.3, 0.4) is 0 Å². The molecule has 7 nitrogen and oxygen atoms in total. The normalized spacial score (nSPS) is 12.1. The number of anilines is 1. The fourth-order valence-electron chi connectivity index (χ4n) is 3.16. The molecule has 0 atom stereocenters. The number of carbonyl (C=O) groups is 1. The zero-order chi connectivity index (χ0) is 22.2. The second-order valence-electron chi connectivity index (χ2n) is 6.80. The quantitative estimate of drug-likeness (QED) is 0.242. The number of benzene rings is 3. The molecule has 0 radical (unpaired) electrons. The van der Waals surface area contributed by atoms with E-state index in [-0.39, 0.29) is 17.8 Å². The average molecular weight is 578 g/mol. The number of aromatic nitrogens is 1. The molecule has 0 saturated heterocycles. The molecule has 1 aliphatic heterocycles. The van der Waals surface area contributed by atoms with Crippen molar-refractivity contribution in [2.75, 3.05) is 12.1 Å². The average Bonchev–Trinajstić information content (AvgIpc) is 3.41. The number of thiocarbonyl (C=S) groups is 1. The molecule has 2 N–H and O–H groups in total. The van der Waals surface area contributed by atoms with E-state index in [4.69, 9.17) is 37.7 Å². The van der Waals surface area contributed by atoms with E-state index in [1.165, 1.54) is 0 Å². The molecule has 32 heavy (non-hydrogen) atoms. The maximum absolute atomic E-state index is 12.5. The lowest BCUT2D eigenvalue weighted by Crippen LogP contribution is -2.34. The molecule has 3 aromatic carbocycles. The summed E-state index contributed by atoms with van der Waals surface area (Å²) >= 11 is 13.8. The smallest absolute Gasteiger partial charge is 0.257 e. The fraction of sp³-hybridized carbons (Fsp3) is 0.0455. The van der Waals surface area contributed by atoms with Gasteiger partial charge >= 0.3 is 0 Å². The molecule has 0 spiro atoms. The van der Waals surface area contributed by atoms with E-state index in [2.05, 4.69) is 38.2 Å². The zero-order valence-electron chi connectivity index (χ0n) is 16.1. The number of nitrogens with zero attached hydrogens (tertiary/aromatic N) is 1. The van der Waals surface area contributed by atoms with Gasteiger partial charge in [-0.1, -0.05) is 11.6 Å². The number of nitrogens with one attached hydrogen (secondary N) is 2. The maximum Gasteiger partial charge on any atom is 0.257 e. The highest BCUT2D eigenvalue weighted by Crippen LogP contribution is 2.33. The van der Waals surface area contributed by atoms with Gasteiger partial charge in [0.15, 0.2) is 22.2 Å². The lowest BCUT2D eigenvalue weighted by Gasteiger charge is -2.09. The van der Waals surface area contributed by atoms with Crippen molar-refractivity contribution in [1.82, 2.24) is 10.3 Å². The van der Waals surface area contributed by atoms with E-state index in [0.717, 1.165) is 9.13 Å². The number of amides is 1. The second-order valence-corrected chi connectivity index (χ2v) is 8.86. The number of ether oxygens (including phenoxy) is 2. The van der Waals surface area contributed by atoms with Gasteiger partial charge in [0.05, 0.1) is 10.6 Å². The number of rotatable bonds is 3. The molecule has 160 valence electrons. The van der Waals surface area contributed by atoms with Gasteiger partial charge in [-0.15, -0.1) is 0 Å². The number of fused-ring (bicyclic) bond motifs is 2. The molecule has 0 saturated carbocycles. The van der Waals surface area contributed by atoms with Crippen LogP contribution in [0, 0.1) is 3.57 Å². The Morgan fingerprint density at radius 3 is 2.78 bits per heavy atom. The summed E-state index contributed by atoms with van der Waals surface area (Å²) in [6, 6.07) is 15.9. The van der Waals surface area contributed by atoms with Gasteiger partial charge in [0.2, 0.25) is 12.7 Å². The van der Waals surface area contributed by atoms with E-state index in [0.29, 0.717) is 44.8 Å². The molecule has 5 rings (SSSR count). The van der Waals surface area contributed by atoms with Crippen LogP contribution in [-0.2, 0) is 0 Å². The van der Waals surface area contributed by atoms with E-state index in [1.54, 1.807) is 36.4 Å². The van der Waals surface area contributed by atoms with Gasteiger partial charge < -0.3 is 19.2 Å². The number of hydrogen-bond donors (Lipinski definition) is 2. The van der Waals surface area contributed by atoms with Crippen LogP contribution in [-0.4, -0.2) is 22.8 Å². The zero-order valence-corrected chi connectivity index (χ0v) is 19.9. The first-order valence-corrected chi connectivity index (χ1v) is 11.2. The first kappa shape index (κ1) is 21.0. The summed E-state index contributed by atoms with van der Waals surface area (Å²) in [6.45, 7) is 0.141. The van der Waals surface area contributed by atoms with Crippen molar-refractivity contribution in [3.05, 3.63) is 68.8 Å². The summed E-state index contributed by atoms with van der Waals surface area (Å²) in [7, 11) is 0. The Kier molecular flexibility index (Phi) is 5.62. The van der Waals surface area contributed by atoms with Crippen LogP contribution in [0.2, 0.25) is 5.02 Å². The Labute approximate surface area is 206 Å². The Bertz CT molecular complexity index is 1390. The number of carbonyl (C=O) groups excluding carboxylic acids is 1. The lowest BCUT2D eigenvalue weighted by molar-refractivity contribution is 0.0977. The van der Waals surface area contributed by atoms with Crippen molar-refractivity contribution < 1.29 is 18.7 Å². The predicted molar refractivity (Wildman–Crippen MR) is 133 cm³/mol. The van der Waals surface area contributed by atoms with Crippen LogP contribution < -0.4 is 20.1 Å². The number of halogens is 2. The molecule has 1 aliphatic rings. The molecule has 0 aliphatic carbocycles. The maximum atomic E-state index is 12.5. The summed E-state index contributed by atoms with van der Waals surface area (Å²) in [5, 5.41) is 6.35. The van der Waals surface area contributed by atoms with Crippen molar-refractivity contribution in [3.8, 4) is 23.0 Å². The van der Waals surface area contributed by atoms with E-state index < -0.39 is 0 Å². The third kappa shape index (κ3) is 4.23. The van der Waals surface area contributed by atoms with Crippen molar-refractivity contribution in [1.29, 1.82) is 0 Å². The first-order chi connectivity index (χ1) is 15.5. The van der Waals surface area contributed by atoms with Crippen molar-refractivity contribution >= 4 is 74.2 Å². The third-order valence-electron chi connectivity index (χ3n) is 4.67. The minimum atomic E-state index is -0.362. The Balaban J connectivity index is 1.31. The minimum absolute atomic E-state index is 0.141.